The van der Waals surface area contributed by atoms with Crippen molar-refractivity contribution in [2.45, 2.75) is 12.6 Å². The third-order valence-corrected chi connectivity index (χ3v) is 3.88. The third-order valence-electron chi connectivity index (χ3n) is 3.88. The van der Waals surface area contributed by atoms with Gasteiger partial charge in [0.25, 0.3) is 0 Å². The summed E-state index contributed by atoms with van der Waals surface area (Å²) in [6, 6.07) is 19.7. The van der Waals surface area contributed by atoms with Gasteiger partial charge in [0, 0.05) is 12.1 Å². The molecule has 1 unspecified atom stereocenters. The van der Waals surface area contributed by atoms with Crippen LogP contribution >= 0.6 is 0 Å². The fraction of sp³-hybridized carbons (Fsp3) is 0.150. The third kappa shape index (κ3) is 4.35. The molecule has 25 heavy (non-hydrogen) atoms. The first-order chi connectivity index (χ1) is 12.1. The van der Waals surface area contributed by atoms with Gasteiger partial charge in [-0.25, -0.2) is 4.79 Å². The molecule has 0 spiro atoms. The lowest BCUT2D eigenvalue weighted by Crippen LogP contribution is -2.20. The molecule has 0 aliphatic heterocycles. The quantitative estimate of drug-likeness (QED) is 0.615. The zero-order valence-electron chi connectivity index (χ0n) is 13.6. The average Bonchev–Trinajstić information content (AvgIpc) is 3.11. The molecule has 5 heteroatoms. The predicted molar refractivity (Wildman–Crippen MR) is 94.2 cm³/mol. The summed E-state index contributed by atoms with van der Waals surface area (Å²) in [6.07, 6.45) is -0.581. The van der Waals surface area contributed by atoms with Gasteiger partial charge in [-0.15, -0.1) is 0 Å². The number of benzene rings is 2. The van der Waals surface area contributed by atoms with Crippen LogP contribution in [0.25, 0.3) is 11.3 Å². The van der Waals surface area contributed by atoms with Crippen LogP contribution in [0.1, 0.15) is 27.8 Å². The number of furan rings is 1. The fourth-order valence-corrected chi connectivity index (χ4v) is 2.56. The van der Waals surface area contributed by atoms with Gasteiger partial charge in [0.1, 0.15) is 11.5 Å². The van der Waals surface area contributed by atoms with E-state index in [9.17, 15) is 9.90 Å². The molecule has 0 amide bonds. The van der Waals surface area contributed by atoms with Crippen LogP contribution in [0.15, 0.2) is 71.1 Å². The van der Waals surface area contributed by atoms with E-state index in [1.807, 2.05) is 48.5 Å². The standard InChI is InChI=1S/C20H19NO4/c22-18(14-5-2-1-3-6-14)13-21-12-17-9-10-19(25-17)15-7-4-8-16(11-15)20(23)24/h1-11,18,21-22H,12-13H2,(H,23,24). The van der Waals surface area contributed by atoms with E-state index in [1.165, 1.54) is 0 Å². The molecule has 2 aromatic carbocycles. The molecule has 0 bridgehead atoms. The van der Waals surface area contributed by atoms with E-state index in [0.29, 0.717) is 18.8 Å². The van der Waals surface area contributed by atoms with Gasteiger partial charge in [-0.1, -0.05) is 42.5 Å². The Bertz CT molecular complexity index is 842. The van der Waals surface area contributed by atoms with Crippen molar-refractivity contribution in [2.24, 2.45) is 0 Å². The van der Waals surface area contributed by atoms with Crippen molar-refractivity contribution in [3.8, 4) is 11.3 Å². The summed E-state index contributed by atoms with van der Waals surface area (Å²) in [5.41, 5.74) is 1.80. The van der Waals surface area contributed by atoms with Gasteiger partial charge >= 0.3 is 5.97 Å². The van der Waals surface area contributed by atoms with E-state index in [2.05, 4.69) is 5.32 Å². The van der Waals surface area contributed by atoms with Crippen LogP contribution in [-0.4, -0.2) is 22.7 Å². The van der Waals surface area contributed by atoms with Crippen LogP contribution in [0.5, 0.6) is 0 Å². The van der Waals surface area contributed by atoms with Gasteiger partial charge in [-0.05, 0) is 29.8 Å². The number of aliphatic hydroxyl groups is 1. The Labute approximate surface area is 145 Å². The highest BCUT2D eigenvalue weighted by Crippen LogP contribution is 2.23. The van der Waals surface area contributed by atoms with Crippen molar-refractivity contribution in [3.63, 3.8) is 0 Å². The van der Waals surface area contributed by atoms with E-state index in [0.717, 1.165) is 16.9 Å². The summed E-state index contributed by atoms with van der Waals surface area (Å²) in [7, 11) is 0. The Balaban J connectivity index is 1.59. The van der Waals surface area contributed by atoms with E-state index in [-0.39, 0.29) is 5.56 Å². The van der Waals surface area contributed by atoms with Crippen molar-refractivity contribution in [1.82, 2.24) is 5.32 Å². The highest BCUT2D eigenvalue weighted by molar-refractivity contribution is 5.89. The first-order valence-corrected chi connectivity index (χ1v) is 7.99. The molecule has 0 radical (unpaired) electrons. The van der Waals surface area contributed by atoms with Crippen LogP contribution in [0, 0.1) is 0 Å². The first kappa shape index (κ1) is 17.0. The maximum absolute atomic E-state index is 11.0. The molecule has 1 atom stereocenters. The van der Waals surface area contributed by atoms with Crippen LogP contribution in [0.3, 0.4) is 0 Å². The highest BCUT2D eigenvalue weighted by atomic mass is 16.4. The van der Waals surface area contributed by atoms with E-state index in [4.69, 9.17) is 9.52 Å². The van der Waals surface area contributed by atoms with E-state index >= 15 is 0 Å². The molecule has 0 saturated carbocycles. The minimum absolute atomic E-state index is 0.222. The molecule has 0 saturated heterocycles. The van der Waals surface area contributed by atoms with Crippen LogP contribution in [-0.2, 0) is 6.54 Å². The lowest BCUT2D eigenvalue weighted by atomic mass is 10.1. The minimum Gasteiger partial charge on any atom is -0.478 e. The summed E-state index contributed by atoms with van der Waals surface area (Å²) in [5.74, 6) is 0.365. The maximum Gasteiger partial charge on any atom is 0.335 e. The molecular weight excluding hydrogens is 318 g/mol. The van der Waals surface area contributed by atoms with Crippen molar-refractivity contribution in [1.29, 1.82) is 0 Å². The highest BCUT2D eigenvalue weighted by Gasteiger charge is 2.10. The predicted octanol–water partition coefficient (Wildman–Crippen LogP) is 3.47. The summed E-state index contributed by atoms with van der Waals surface area (Å²) in [6.45, 7) is 0.886. The lowest BCUT2D eigenvalue weighted by molar-refractivity contribution is 0.0697. The van der Waals surface area contributed by atoms with Gasteiger partial charge in [0.05, 0.1) is 18.2 Å². The summed E-state index contributed by atoms with van der Waals surface area (Å²) >= 11 is 0. The maximum atomic E-state index is 11.0. The lowest BCUT2D eigenvalue weighted by Gasteiger charge is -2.11. The number of carboxylic acid groups (broad SMARTS) is 1. The molecule has 0 fully saturated rings. The number of hydrogen-bond donors (Lipinski definition) is 3. The zero-order valence-corrected chi connectivity index (χ0v) is 13.6. The Morgan fingerprint density at radius 3 is 2.60 bits per heavy atom. The molecule has 3 aromatic rings. The monoisotopic (exact) mass is 337 g/mol. The van der Waals surface area contributed by atoms with Gasteiger partial charge in [-0.2, -0.15) is 0 Å². The van der Waals surface area contributed by atoms with Gasteiger partial charge in [0.15, 0.2) is 0 Å². The smallest absolute Gasteiger partial charge is 0.335 e. The minimum atomic E-state index is -0.967. The number of carboxylic acids is 1. The number of hydrogen-bond acceptors (Lipinski definition) is 4. The van der Waals surface area contributed by atoms with Crippen LogP contribution in [0.4, 0.5) is 0 Å². The topological polar surface area (TPSA) is 82.7 Å². The Morgan fingerprint density at radius 1 is 1.04 bits per heavy atom. The molecule has 1 aromatic heterocycles. The molecule has 0 aliphatic rings. The van der Waals surface area contributed by atoms with Gasteiger partial charge < -0.3 is 19.9 Å². The number of rotatable bonds is 7. The fourth-order valence-electron chi connectivity index (χ4n) is 2.56. The second-order valence-corrected chi connectivity index (χ2v) is 5.71. The Hall–Kier alpha value is -2.89. The van der Waals surface area contributed by atoms with Gasteiger partial charge in [-0.3, -0.25) is 0 Å². The average molecular weight is 337 g/mol. The zero-order chi connectivity index (χ0) is 17.6. The van der Waals surface area contributed by atoms with Crippen LogP contribution < -0.4 is 5.32 Å². The number of carbonyl (C=O) groups is 1. The Morgan fingerprint density at radius 2 is 1.84 bits per heavy atom. The molecular formula is C20H19NO4. The van der Waals surface area contributed by atoms with E-state index in [1.54, 1.807) is 18.2 Å². The second-order valence-electron chi connectivity index (χ2n) is 5.71. The Kier molecular flexibility index (Phi) is 5.28. The molecule has 3 rings (SSSR count). The van der Waals surface area contributed by atoms with Crippen molar-refractivity contribution in [2.75, 3.05) is 6.54 Å². The van der Waals surface area contributed by atoms with E-state index < -0.39 is 12.1 Å². The number of aromatic carboxylic acids is 1. The second kappa shape index (κ2) is 7.79. The molecule has 128 valence electrons. The normalized spacial score (nSPS) is 12.0. The van der Waals surface area contributed by atoms with Crippen LogP contribution in [0.2, 0.25) is 0 Å². The van der Waals surface area contributed by atoms with Crippen molar-refractivity contribution < 1.29 is 19.4 Å². The first-order valence-electron chi connectivity index (χ1n) is 7.99. The largest absolute Gasteiger partial charge is 0.478 e. The van der Waals surface area contributed by atoms with Crippen molar-refractivity contribution in [3.05, 3.63) is 83.6 Å². The van der Waals surface area contributed by atoms with Crippen molar-refractivity contribution >= 4 is 5.97 Å². The number of aliphatic hydroxyl groups excluding tert-OH is 1. The molecule has 1 heterocycles. The summed E-state index contributed by atoms with van der Waals surface area (Å²) in [4.78, 5) is 11.0. The van der Waals surface area contributed by atoms with Gasteiger partial charge in [0.2, 0.25) is 0 Å². The molecule has 5 nitrogen and oxygen atoms in total. The summed E-state index contributed by atoms with van der Waals surface area (Å²) < 4.78 is 5.75. The molecule has 3 N–H and O–H groups in total. The molecule has 0 aliphatic carbocycles. The SMILES string of the molecule is O=C(O)c1cccc(-c2ccc(CNCC(O)c3ccccc3)o2)c1. The number of nitrogens with one attached hydrogen (secondary N) is 1. The summed E-state index contributed by atoms with van der Waals surface area (Å²) in [5, 5.41) is 22.3.